The van der Waals surface area contributed by atoms with E-state index in [0.29, 0.717) is 11.1 Å². The number of nitro groups is 1. The first-order chi connectivity index (χ1) is 7.41. The first-order valence-corrected chi connectivity index (χ1v) is 4.65. The summed E-state index contributed by atoms with van der Waals surface area (Å²) in [7, 11) is 0. The van der Waals surface area contributed by atoms with Gasteiger partial charge in [-0.2, -0.15) is 0 Å². The third kappa shape index (κ3) is 2.80. The summed E-state index contributed by atoms with van der Waals surface area (Å²) in [5.74, 6) is -1.13. The van der Waals surface area contributed by atoms with Crippen molar-refractivity contribution in [3.8, 4) is 0 Å². The SMILES string of the molecule is Cc1c(Cl)cc(/C=C/C(=O)O)cc1[N+](=O)[O-]. The Kier molecular flexibility index (Phi) is 3.63. The predicted molar refractivity (Wildman–Crippen MR) is 59.5 cm³/mol. The second kappa shape index (κ2) is 4.76. The summed E-state index contributed by atoms with van der Waals surface area (Å²) in [6, 6.07) is 2.75. The Bertz CT molecular complexity index is 482. The van der Waals surface area contributed by atoms with E-state index in [2.05, 4.69) is 0 Å². The number of carboxylic acid groups (broad SMARTS) is 1. The number of aliphatic carboxylic acids is 1. The van der Waals surface area contributed by atoms with E-state index >= 15 is 0 Å². The van der Waals surface area contributed by atoms with Crippen molar-refractivity contribution in [2.75, 3.05) is 0 Å². The fourth-order valence-electron chi connectivity index (χ4n) is 1.14. The summed E-state index contributed by atoms with van der Waals surface area (Å²) in [4.78, 5) is 20.4. The van der Waals surface area contributed by atoms with Gasteiger partial charge in [0, 0.05) is 17.7 Å². The van der Waals surface area contributed by atoms with Gasteiger partial charge in [0.25, 0.3) is 5.69 Å². The molecule has 1 rings (SSSR count). The van der Waals surface area contributed by atoms with Crippen LogP contribution in [0.25, 0.3) is 6.08 Å². The molecule has 16 heavy (non-hydrogen) atoms. The molecule has 0 aromatic heterocycles. The number of benzene rings is 1. The fraction of sp³-hybridized carbons (Fsp3) is 0.100. The number of carboxylic acids is 1. The lowest BCUT2D eigenvalue weighted by Gasteiger charge is -2.01. The zero-order valence-corrected chi connectivity index (χ0v) is 9.06. The Morgan fingerprint density at radius 2 is 2.19 bits per heavy atom. The normalized spacial score (nSPS) is 10.6. The van der Waals surface area contributed by atoms with E-state index < -0.39 is 10.9 Å². The van der Waals surface area contributed by atoms with Gasteiger partial charge in [-0.3, -0.25) is 10.1 Å². The van der Waals surface area contributed by atoms with Crippen molar-refractivity contribution in [1.82, 2.24) is 0 Å². The molecule has 0 saturated carbocycles. The van der Waals surface area contributed by atoms with Crippen molar-refractivity contribution in [1.29, 1.82) is 0 Å². The molecule has 84 valence electrons. The minimum atomic E-state index is -1.13. The molecule has 1 N–H and O–H groups in total. The summed E-state index contributed by atoms with van der Waals surface area (Å²) in [6.45, 7) is 1.53. The lowest BCUT2D eigenvalue weighted by atomic mass is 10.1. The first-order valence-electron chi connectivity index (χ1n) is 4.27. The Hall–Kier alpha value is -1.88. The summed E-state index contributed by atoms with van der Waals surface area (Å²) in [5, 5.41) is 19.3. The molecule has 0 atom stereocenters. The van der Waals surface area contributed by atoms with Crippen LogP contribution in [-0.2, 0) is 4.79 Å². The van der Waals surface area contributed by atoms with Crippen LogP contribution >= 0.6 is 11.6 Å². The molecule has 0 bridgehead atoms. The van der Waals surface area contributed by atoms with Gasteiger partial charge in [-0.05, 0) is 24.6 Å². The largest absolute Gasteiger partial charge is 0.478 e. The number of hydrogen-bond donors (Lipinski definition) is 1. The Morgan fingerprint density at radius 1 is 1.56 bits per heavy atom. The number of nitro benzene ring substituents is 1. The van der Waals surface area contributed by atoms with Crippen molar-refractivity contribution in [3.63, 3.8) is 0 Å². The van der Waals surface area contributed by atoms with Crippen LogP contribution < -0.4 is 0 Å². The number of carbonyl (C=O) groups is 1. The molecule has 0 radical (unpaired) electrons. The molecule has 0 spiro atoms. The molecule has 0 aliphatic carbocycles. The zero-order valence-electron chi connectivity index (χ0n) is 8.31. The minimum absolute atomic E-state index is 0.127. The maximum Gasteiger partial charge on any atom is 0.328 e. The number of rotatable bonds is 3. The van der Waals surface area contributed by atoms with E-state index in [1.54, 1.807) is 0 Å². The van der Waals surface area contributed by atoms with Gasteiger partial charge in [-0.25, -0.2) is 4.79 Å². The lowest BCUT2D eigenvalue weighted by Crippen LogP contribution is -1.93. The zero-order chi connectivity index (χ0) is 12.3. The van der Waals surface area contributed by atoms with Crippen LogP contribution in [0.1, 0.15) is 11.1 Å². The molecule has 6 heteroatoms. The van der Waals surface area contributed by atoms with Crippen LogP contribution in [0.15, 0.2) is 18.2 Å². The van der Waals surface area contributed by atoms with Crippen LogP contribution in [0.2, 0.25) is 5.02 Å². The van der Waals surface area contributed by atoms with Gasteiger partial charge in [0.1, 0.15) is 0 Å². The second-order valence-electron chi connectivity index (χ2n) is 3.08. The average Bonchev–Trinajstić information content (AvgIpc) is 2.19. The van der Waals surface area contributed by atoms with Crippen molar-refractivity contribution in [3.05, 3.63) is 44.5 Å². The fourth-order valence-corrected chi connectivity index (χ4v) is 1.36. The van der Waals surface area contributed by atoms with Crippen molar-refractivity contribution < 1.29 is 14.8 Å². The molecule has 5 nitrogen and oxygen atoms in total. The molecular formula is C10H8ClNO4. The summed E-state index contributed by atoms with van der Waals surface area (Å²) in [6.07, 6.45) is 2.14. The highest BCUT2D eigenvalue weighted by atomic mass is 35.5. The quantitative estimate of drug-likeness (QED) is 0.501. The van der Waals surface area contributed by atoms with Gasteiger partial charge in [-0.15, -0.1) is 0 Å². The number of hydrogen-bond acceptors (Lipinski definition) is 3. The van der Waals surface area contributed by atoms with Crippen LogP contribution in [0.3, 0.4) is 0 Å². The van der Waals surface area contributed by atoms with Gasteiger partial charge in [0.05, 0.1) is 9.95 Å². The molecule has 0 saturated heterocycles. The summed E-state index contributed by atoms with van der Waals surface area (Å²) >= 11 is 5.79. The van der Waals surface area contributed by atoms with Crippen molar-refractivity contribution in [2.45, 2.75) is 6.92 Å². The van der Waals surface area contributed by atoms with Crippen molar-refractivity contribution >= 4 is 29.3 Å². The molecule has 1 aromatic carbocycles. The molecule has 0 unspecified atom stereocenters. The molecule has 0 fully saturated rings. The van der Waals surface area contributed by atoms with E-state index in [9.17, 15) is 14.9 Å². The molecule has 0 amide bonds. The third-order valence-corrected chi connectivity index (χ3v) is 2.35. The molecule has 0 aliphatic rings. The smallest absolute Gasteiger partial charge is 0.328 e. The number of nitrogens with zero attached hydrogens (tertiary/aromatic N) is 1. The van der Waals surface area contributed by atoms with Gasteiger partial charge < -0.3 is 5.11 Å². The summed E-state index contributed by atoms with van der Waals surface area (Å²) in [5.41, 5.74) is 0.612. The maximum absolute atomic E-state index is 10.7. The molecule has 1 aromatic rings. The van der Waals surface area contributed by atoms with Gasteiger partial charge in [0.15, 0.2) is 0 Å². The topological polar surface area (TPSA) is 80.4 Å². The lowest BCUT2D eigenvalue weighted by molar-refractivity contribution is -0.385. The van der Waals surface area contributed by atoms with Crippen LogP contribution in [0.5, 0.6) is 0 Å². The van der Waals surface area contributed by atoms with Gasteiger partial charge >= 0.3 is 5.97 Å². The van der Waals surface area contributed by atoms with Gasteiger partial charge in [0.2, 0.25) is 0 Å². The van der Waals surface area contributed by atoms with Crippen LogP contribution in [-0.4, -0.2) is 16.0 Å². The number of halogens is 1. The summed E-state index contributed by atoms with van der Waals surface area (Å²) < 4.78 is 0. The van der Waals surface area contributed by atoms with Crippen molar-refractivity contribution in [2.24, 2.45) is 0 Å². The van der Waals surface area contributed by atoms with Crippen LogP contribution in [0.4, 0.5) is 5.69 Å². The van der Waals surface area contributed by atoms with E-state index in [-0.39, 0.29) is 10.7 Å². The van der Waals surface area contributed by atoms with E-state index in [1.165, 1.54) is 25.1 Å². The standard InChI is InChI=1S/C10H8ClNO4/c1-6-8(11)4-7(2-3-10(13)14)5-9(6)12(15)16/h2-5H,1H3,(H,13,14)/b3-2+. The Morgan fingerprint density at radius 3 is 2.69 bits per heavy atom. The molecule has 0 aliphatic heterocycles. The minimum Gasteiger partial charge on any atom is -0.478 e. The third-order valence-electron chi connectivity index (χ3n) is 1.95. The van der Waals surface area contributed by atoms with Gasteiger partial charge in [-0.1, -0.05) is 11.6 Å². The maximum atomic E-state index is 10.7. The highest BCUT2D eigenvalue weighted by Gasteiger charge is 2.14. The second-order valence-corrected chi connectivity index (χ2v) is 3.48. The van der Waals surface area contributed by atoms with Crippen LogP contribution in [0, 0.1) is 17.0 Å². The monoisotopic (exact) mass is 241 g/mol. The Labute approximate surface area is 96.1 Å². The molecular weight excluding hydrogens is 234 g/mol. The highest BCUT2D eigenvalue weighted by molar-refractivity contribution is 6.31. The first kappa shape index (κ1) is 12.2. The Balaban J connectivity index is 3.24. The van der Waals surface area contributed by atoms with E-state index in [0.717, 1.165) is 6.08 Å². The van der Waals surface area contributed by atoms with E-state index in [4.69, 9.17) is 16.7 Å². The highest BCUT2D eigenvalue weighted by Crippen LogP contribution is 2.27. The average molecular weight is 242 g/mol. The predicted octanol–water partition coefficient (Wildman–Crippen LogP) is 2.65. The molecule has 0 heterocycles. The van der Waals surface area contributed by atoms with E-state index in [1.807, 2.05) is 0 Å².